The lowest BCUT2D eigenvalue weighted by molar-refractivity contribution is -0.122. The van der Waals surface area contributed by atoms with Gasteiger partial charge in [0.1, 0.15) is 24.7 Å². The molecule has 8 heteroatoms. The van der Waals surface area contributed by atoms with E-state index in [9.17, 15) is 13.2 Å². The van der Waals surface area contributed by atoms with E-state index in [0.717, 1.165) is 23.3 Å². The Hall–Kier alpha value is -2.58. The lowest BCUT2D eigenvalue weighted by Gasteiger charge is -2.19. The number of hydrogen-bond donors (Lipinski definition) is 0. The highest BCUT2D eigenvalue weighted by molar-refractivity contribution is 7.85. The molecule has 1 aliphatic heterocycles. The van der Waals surface area contributed by atoms with Crippen LogP contribution in [0.5, 0.6) is 11.5 Å². The Morgan fingerprint density at radius 2 is 1.77 bits per heavy atom. The summed E-state index contributed by atoms with van der Waals surface area (Å²) in [6.45, 7) is 2.54. The number of amides is 1. The van der Waals surface area contributed by atoms with Crippen LogP contribution in [0, 0.1) is 6.92 Å². The summed E-state index contributed by atoms with van der Waals surface area (Å²) in [5, 5.41) is 0. The summed E-state index contributed by atoms with van der Waals surface area (Å²) >= 11 is 0. The maximum absolute atomic E-state index is 12.9. The lowest BCUT2D eigenvalue weighted by atomic mass is 10.1. The van der Waals surface area contributed by atoms with Gasteiger partial charge in [0, 0.05) is 18.7 Å². The third-order valence-electron chi connectivity index (χ3n) is 5.47. The van der Waals surface area contributed by atoms with Gasteiger partial charge in [-0.15, -0.1) is 0 Å². The van der Waals surface area contributed by atoms with Crippen molar-refractivity contribution in [3.05, 3.63) is 53.6 Å². The molecular weight excluding hydrogens is 418 g/mol. The molecule has 1 unspecified atom stereocenters. The fourth-order valence-corrected chi connectivity index (χ4v) is 4.09. The van der Waals surface area contributed by atoms with E-state index in [1.807, 2.05) is 31.2 Å². The van der Waals surface area contributed by atoms with E-state index in [2.05, 4.69) is 16.3 Å². The average molecular weight is 446 g/mol. The highest BCUT2D eigenvalue weighted by Gasteiger charge is 2.34. The minimum atomic E-state index is -3.48. The highest BCUT2D eigenvalue weighted by atomic mass is 32.2. The molecule has 1 saturated heterocycles. The molecule has 7 nitrogen and oxygen atoms in total. The minimum absolute atomic E-state index is 0.0503. The summed E-state index contributed by atoms with van der Waals surface area (Å²) < 4.78 is 38.2. The van der Waals surface area contributed by atoms with Gasteiger partial charge in [-0.2, -0.15) is 8.42 Å². The molecule has 166 valence electrons. The van der Waals surface area contributed by atoms with Gasteiger partial charge in [-0.05, 0) is 67.1 Å². The molecule has 2 fully saturated rings. The normalized spacial score (nSPS) is 19.0. The second kappa shape index (κ2) is 8.88. The van der Waals surface area contributed by atoms with Gasteiger partial charge in [-0.3, -0.25) is 8.98 Å². The van der Waals surface area contributed by atoms with Crippen LogP contribution in [0.15, 0.2) is 42.5 Å². The number of benzene rings is 2. The zero-order chi connectivity index (χ0) is 22.0. The molecule has 1 heterocycles. The van der Waals surface area contributed by atoms with Gasteiger partial charge in [0.05, 0.1) is 6.26 Å². The van der Waals surface area contributed by atoms with Crippen LogP contribution in [0.25, 0.3) is 0 Å². The van der Waals surface area contributed by atoms with Crippen LogP contribution in [-0.2, 0) is 19.1 Å². The summed E-state index contributed by atoms with van der Waals surface area (Å²) in [5.41, 5.74) is 2.98. The van der Waals surface area contributed by atoms with Crippen molar-refractivity contribution in [2.75, 3.05) is 30.9 Å². The lowest BCUT2D eigenvalue weighted by Crippen LogP contribution is -2.32. The van der Waals surface area contributed by atoms with Gasteiger partial charge in [-0.25, -0.2) is 0 Å². The number of rotatable bonds is 9. The number of anilines is 1. The Kier molecular flexibility index (Phi) is 6.20. The minimum Gasteiger partial charge on any atom is -0.491 e. The Morgan fingerprint density at radius 1 is 1.03 bits per heavy atom. The first-order valence-corrected chi connectivity index (χ1v) is 12.3. The van der Waals surface area contributed by atoms with Gasteiger partial charge < -0.3 is 14.4 Å². The molecule has 2 aromatic rings. The van der Waals surface area contributed by atoms with E-state index in [0.29, 0.717) is 24.6 Å². The second-order valence-electron chi connectivity index (χ2n) is 8.05. The molecule has 0 bridgehead atoms. The third-order valence-corrected chi connectivity index (χ3v) is 6.07. The van der Waals surface area contributed by atoms with Gasteiger partial charge >= 0.3 is 0 Å². The number of nitrogens with zero attached hydrogens (tertiary/aromatic N) is 1. The van der Waals surface area contributed by atoms with Crippen LogP contribution in [0.4, 0.5) is 5.69 Å². The molecule has 31 heavy (non-hydrogen) atoms. The van der Waals surface area contributed by atoms with Crippen LogP contribution in [0.1, 0.15) is 36.3 Å². The monoisotopic (exact) mass is 445 g/mol. The van der Waals surface area contributed by atoms with Crippen molar-refractivity contribution in [1.29, 1.82) is 0 Å². The van der Waals surface area contributed by atoms with E-state index < -0.39 is 16.2 Å². The molecule has 2 aromatic carbocycles. The molecule has 0 spiro atoms. The number of carbonyl (C=O) groups excluding carboxylic acids is 1. The molecule has 2 aliphatic rings. The van der Waals surface area contributed by atoms with Crippen molar-refractivity contribution < 1.29 is 26.9 Å². The van der Waals surface area contributed by atoms with Gasteiger partial charge in [0.15, 0.2) is 6.10 Å². The standard InChI is InChI=1S/C23H27NO6S/c1-16-15-19(7-10-21(16)28-13-14-29-31(2,26)27)24-12-11-22(23(24)25)30-20-8-5-18(6-9-20)17-3-4-17/h5-10,15,17,22H,3-4,11-14H2,1-2H3. The van der Waals surface area contributed by atoms with Gasteiger partial charge in [-0.1, -0.05) is 12.1 Å². The Bertz CT molecular complexity index is 1050. The van der Waals surface area contributed by atoms with Crippen molar-refractivity contribution >= 4 is 21.7 Å². The summed E-state index contributed by atoms with van der Waals surface area (Å²) in [4.78, 5) is 14.6. The fraction of sp³-hybridized carbons (Fsp3) is 0.435. The zero-order valence-electron chi connectivity index (χ0n) is 17.7. The van der Waals surface area contributed by atoms with Crippen molar-refractivity contribution in [2.45, 2.75) is 38.2 Å². The largest absolute Gasteiger partial charge is 0.491 e. The van der Waals surface area contributed by atoms with Crippen LogP contribution in [-0.4, -0.2) is 46.4 Å². The molecule has 1 saturated carbocycles. The van der Waals surface area contributed by atoms with E-state index >= 15 is 0 Å². The molecule has 1 atom stereocenters. The van der Waals surface area contributed by atoms with Gasteiger partial charge in [0.25, 0.3) is 16.0 Å². The van der Waals surface area contributed by atoms with Crippen LogP contribution in [0.3, 0.4) is 0 Å². The Labute approximate surface area is 183 Å². The first-order valence-electron chi connectivity index (χ1n) is 10.5. The smallest absolute Gasteiger partial charge is 0.268 e. The van der Waals surface area contributed by atoms with E-state index in [1.165, 1.54) is 18.4 Å². The summed E-state index contributed by atoms with van der Waals surface area (Å²) in [5.74, 6) is 1.98. The molecule has 0 aromatic heterocycles. The molecular formula is C23H27NO6S. The molecule has 1 amide bonds. The zero-order valence-corrected chi connectivity index (χ0v) is 18.6. The Balaban J connectivity index is 1.34. The van der Waals surface area contributed by atoms with Gasteiger partial charge in [0.2, 0.25) is 0 Å². The fourth-order valence-electron chi connectivity index (χ4n) is 3.72. The SMILES string of the molecule is Cc1cc(N2CCC(Oc3ccc(C4CC4)cc3)C2=O)ccc1OCCOS(C)(=O)=O. The van der Waals surface area contributed by atoms with Crippen LogP contribution in [0.2, 0.25) is 0 Å². The number of ether oxygens (including phenoxy) is 2. The molecule has 4 rings (SSSR count). The van der Waals surface area contributed by atoms with Crippen molar-refractivity contribution in [3.8, 4) is 11.5 Å². The predicted octanol–water partition coefficient (Wildman–Crippen LogP) is 3.41. The quantitative estimate of drug-likeness (QED) is 0.435. The van der Waals surface area contributed by atoms with Crippen molar-refractivity contribution in [1.82, 2.24) is 0 Å². The van der Waals surface area contributed by atoms with E-state index in [4.69, 9.17) is 9.47 Å². The molecule has 1 aliphatic carbocycles. The Morgan fingerprint density at radius 3 is 2.42 bits per heavy atom. The predicted molar refractivity (Wildman–Crippen MR) is 117 cm³/mol. The number of hydrogen-bond acceptors (Lipinski definition) is 6. The second-order valence-corrected chi connectivity index (χ2v) is 9.70. The van der Waals surface area contributed by atoms with Crippen LogP contribution < -0.4 is 14.4 Å². The topological polar surface area (TPSA) is 82.1 Å². The molecule has 0 radical (unpaired) electrons. The summed E-state index contributed by atoms with van der Waals surface area (Å²) in [7, 11) is -3.48. The molecule has 0 N–H and O–H groups in total. The van der Waals surface area contributed by atoms with Crippen LogP contribution >= 0.6 is 0 Å². The van der Waals surface area contributed by atoms with E-state index in [-0.39, 0.29) is 19.1 Å². The van der Waals surface area contributed by atoms with Crippen molar-refractivity contribution in [2.24, 2.45) is 0 Å². The highest BCUT2D eigenvalue weighted by Crippen LogP contribution is 2.40. The average Bonchev–Trinajstić information content (AvgIpc) is 3.51. The summed E-state index contributed by atoms with van der Waals surface area (Å²) in [6, 6.07) is 13.6. The van der Waals surface area contributed by atoms with Crippen molar-refractivity contribution in [3.63, 3.8) is 0 Å². The third kappa shape index (κ3) is 5.57. The number of carbonyl (C=O) groups is 1. The maximum atomic E-state index is 12.9. The van der Waals surface area contributed by atoms with E-state index in [1.54, 1.807) is 11.0 Å². The first-order chi connectivity index (χ1) is 14.8. The maximum Gasteiger partial charge on any atom is 0.268 e. The number of aryl methyl sites for hydroxylation is 1. The summed E-state index contributed by atoms with van der Waals surface area (Å²) in [6.07, 6.45) is 3.65. The first kappa shape index (κ1) is 21.6.